The molecule has 1 aromatic rings. The third-order valence-corrected chi connectivity index (χ3v) is 3.72. The first-order valence-corrected chi connectivity index (χ1v) is 8.33. The molecule has 0 saturated carbocycles. The number of halogens is 1. The molecule has 0 amide bonds. The lowest BCUT2D eigenvalue weighted by Crippen LogP contribution is -2.09. The maximum atomic E-state index is 13.2. The Hall–Kier alpha value is -1.09. The normalized spacial score (nSPS) is 12.4. The molecule has 0 heterocycles. The number of hydrogen-bond donors (Lipinski definition) is 1. The van der Waals surface area contributed by atoms with Gasteiger partial charge in [-0.2, -0.15) is 0 Å². The van der Waals surface area contributed by atoms with E-state index in [1.165, 1.54) is 57.1 Å². The summed E-state index contributed by atoms with van der Waals surface area (Å²) < 4.78 is 19.0. The largest absolute Gasteiger partial charge is 0.493 e. The number of nitrogens with two attached hydrogens (primary N) is 1. The van der Waals surface area contributed by atoms with Gasteiger partial charge in [0.05, 0.1) is 6.61 Å². The van der Waals surface area contributed by atoms with Crippen LogP contribution in [0, 0.1) is 5.82 Å². The van der Waals surface area contributed by atoms with E-state index in [9.17, 15) is 4.39 Å². The predicted molar refractivity (Wildman–Crippen MR) is 87.1 cm³/mol. The molecule has 1 aromatic carbocycles. The quantitative estimate of drug-likeness (QED) is 0.557. The van der Waals surface area contributed by atoms with Gasteiger partial charge in [-0.1, -0.05) is 51.9 Å². The van der Waals surface area contributed by atoms with Gasteiger partial charge in [0, 0.05) is 11.6 Å². The first-order valence-electron chi connectivity index (χ1n) is 8.33. The molecule has 0 bridgehead atoms. The van der Waals surface area contributed by atoms with Crippen molar-refractivity contribution in [3.8, 4) is 5.75 Å². The predicted octanol–water partition coefficient (Wildman–Crippen LogP) is 5.36. The van der Waals surface area contributed by atoms with E-state index in [2.05, 4.69) is 6.92 Å². The van der Waals surface area contributed by atoms with Crippen LogP contribution in [0.4, 0.5) is 4.39 Å². The summed E-state index contributed by atoms with van der Waals surface area (Å²) in [4.78, 5) is 0. The highest BCUT2D eigenvalue weighted by Gasteiger charge is 2.09. The topological polar surface area (TPSA) is 35.2 Å². The van der Waals surface area contributed by atoms with Crippen molar-refractivity contribution in [3.63, 3.8) is 0 Å². The monoisotopic (exact) mass is 295 g/mol. The third kappa shape index (κ3) is 7.47. The van der Waals surface area contributed by atoms with Crippen molar-refractivity contribution in [1.29, 1.82) is 0 Å². The van der Waals surface area contributed by atoms with Crippen molar-refractivity contribution < 1.29 is 9.13 Å². The van der Waals surface area contributed by atoms with Crippen LogP contribution in [-0.2, 0) is 0 Å². The Balaban J connectivity index is 2.18. The Morgan fingerprint density at radius 3 is 2.29 bits per heavy atom. The van der Waals surface area contributed by atoms with Gasteiger partial charge in [-0.25, -0.2) is 4.39 Å². The van der Waals surface area contributed by atoms with Crippen LogP contribution < -0.4 is 10.5 Å². The summed E-state index contributed by atoms with van der Waals surface area (Å²) in [5, 5.41) is 0. The van der Waals surface area contributed by atoms with Gasteiger partial charge < -0.3 is 10.5 Å². The second-order valence-electron chi connectivity index (χ2n) is 5.79. The zero-order valence-electron chi connectivity index (χ0n) is 13.5. The molecule has 21 heavy (non-hydrogen) atoms. The van der Waals surface area contributed by atoms with E-state index in [1.807, 2.05) is 6.92 Å². The summed E-state index contributed by atoms with van der Waals surface area (Å²) in [5.74, 6) is 0.455. The third-order valence-electron chi connectivity index (χ3n) is 3.72. The molecule has 0 aliphatic rings. The van der Waals surface area contributed by atoms with Gasteiger partial charge in [-0.3, -0.25) is 0 Å². The number of rotatable bonds is 11. The fourth-order valence-corrected chi connectivity index (χ4v) is 2.42. The molecule has 1 atom stereocenters. The molecular weight excluding hydrogens is 265 g/mol. The molecule has 0 spiro atoms. The van der Waals surface area contributed by atoms with Gasteiger partial charge in [0.15, 0.2) is 0 Å². The van der Waals surface area contributed by atoms with Gasteiger partial charge in [0.2, 0.25) is 0 Å². The summed E-state index contributed by atoms with van der Waals surface area (Å²) in [6.45, 7) is 4.77. The first kappa shape index (κ1) is 18.0. The highest BCUT2D eigenvalue weighted by atomic mass is 19.1. The number of benzene rings is 1. The van der Waals surface area contributed by atoms with Crippen LogP contribution in [0.15, 0.2) is 18.2 Å². The maximum absolute atomic E-state index is 13.2. The Morgan fingerprint density at radius 1 is 1.05 bits per heavy atom. The fourth-order valence-electron chi connectivity index (χ4n) is 2.42. The summed E-state index contributed by atoms with van der Waals surface area (Å²) in [5.41, 5.74) is 6.59. The van der Waals surface area contributed by atoms with Gasteiger partial charge in [0.25, 0.3) is 0 Å². The highest BCUT2D eigenvalue weighted by Crippen LogP contribution is 2.25. The van der Waals surface area contributed by atoms with Crippen molar-refractivity contribution in [2.45, 2.75) is 71.3 Å². The molecular formula is C18H30FNO. The molecule has 0 fully saturated rings. The maximum Gasteiger partial charge on any atom is 0.124 e. The van der Waals surface area contributed by atoms with Crippen LogP contribution in [0.5, 0.6) is 5.75 Å². The average Bonchev–Trinajstić information content (AvgIpc) is 2.46. The van der Waals surface area contributed by atoms with Crippen molar-refractivity contribution in [3.05, 3.63) is 29.6 Å². The molecule has 120 valence electrons. The van der Waals surface area contributed by atoms with E-state index in [0.717, 1.165) is 12.0 Å². The van der Waals surface area contributed by atoms with E-state index >= 15 is 0 Å². The lowest BCUT2D eigenvalue weighted by Gasteiger charge is -2.14. The molecule has 0 unspecified atom stereocenters. The second kappa shape index (κ2) is 10.6. The molecule has 3 heteroatoms. The molecule has 2 N–H and O–H groups in total. The molecule has 1 rings (SSSR count). The fraction of sp³-hybridized carbons (Fsp3) is 0.667. The lowest BCUT2D eigenvalue weighted by molar-refractivity contribution is 0.299. The molecule has 0 aliphatic heterocycles. The Bertz CT molecular complexity index is 393. The van der Waals surface area contributed by atoms with E-state index < -0.39 is 0 Å². The first-order chi connectivity index (χ1) is 10.1. The van der Waals surface area contributed by atoms with E-state index in [-0.39, 0.29) is 11.9 Å². The summed E-state index contributed by atoms with van der Waals surface area (Å²) in [7, 11) is 0. The van der Waals surface area contributed by atoms with Crippen LogP contribution in [0.2, 0.25) is 0 Å². The SMILES string of the molecule is CCCCCCCCCCOc1ccc(F)cc1[C@H](C)N. The van der Waals surface area contributed by atoms with Crippen LogP contribution in [-0.4, -0.2) is 6.61 Å². The number of unbranched alkanes of at least 4 members (excludes halogenated alkanes) is 7. The molecule has 2 nitrogen and oxygen atoms in total. The van der Waals surface area contributed by atoms with Crippen LogP contribution in [0.3, 0.4) is 0 Å². The zero-order chi connectivity index (χ0) is 15.5. The Kier molecular flexibility index (Phi) is 9.07. The summed E-state index contributed by atoms with van der Waals surface area (Å²) in [6, 6.07) is 4.36. The molecule has 0 aromatic heterocycles. The minimum Gasteiger partial charge on any atom is -0.493 e. The molecule has 0 radical (unpaired) electrons. The lowest BCUT2D eigenvalue weighted by atomic mass is 10.1. The smallest absolute Gasteiger partial charge is 0.124 e. The summed E-state index contributed by atoms with van der Waals surface area (Å²) in [6.07, 6.45) is 10.2. The van der Waals surface area contributed by atoms with Crippen molar-refractivity contribution in [2.75, 3.05) is 6.61 Å². The van der Waals surface area contributed by atoms with Gasteiger partial charge in [0.1, 0.15) is 11.6 Å². The van der Waals surface area contributed by atoms with Gasteiger partial charge >= 0.3 is 0 Å². The van der Waals surface area contributed by atoms with Crippen molar-refractivity contribution >= 4 is 0 Å². The van der Waals surface area contributed by atoms with Crippen LogP contribution in [0.25, 0.3) is 0 Å². The van der Waals surface area contributed by atoms with E-state index in [4.69, 9.17) is 10.5 Å². The standard InChI is InChI=1S/C18H30FNO/c1-3-4-5-6-7-8-9-10-13-21-18-12-11-16(19)14-17(18)15(2)20/h11-12,14-15H,3-10,13,20H2,1-2H3/t15-/m0/s1. The zero-order valence-corrected chi connectivity index (χ0v) is 13.5. The Morgan fingerprint density at radius 2 is 1.67 bits per heavy atom. The van der Waals surface area contributed by atoms with E-state index in [1.54, 1.807) is 6.07 Å². The molecule has 0 saturated heterocycles. The average molecular weight is 295 g/mol. The van der Waals surface area contributed by atoms with Gasteiger partial charge in [-0.05, 0) is 31.5 Å². The highest BCUT2D eigenvalue weighted by molar-refractivity contribution is 5.36. The summed E-state index contributed by atoms with van der Waals surface area (Å²) >= 11 is 0. The minimum atomic E-state index is -0.262. The Labute approximate surface area is 128 Å². The van der Waals surface area contributed by atoms with Crippen LogP contribution in [0.1, 0.15) is 76.8 Å². The second-order valence-corrected chi connectivity index (χ2v) is 5.79. The van der Waals surface area contributed by atoms with Crippen molar-refractivity contribution in [2.24, 2.45) is 5.73 Å². The molecule has 0 aliphatic carbocycles. The van der Waals surface area contributed by atoms with E-state index in [0.29, 0.717) is 12.4 Å². The van der Waals surface area contributed by atoms with Gasteiger partial charge in [-0.15, -0.1) is 0 Å². The van der Waals surface area contributed by atoms with Crippen LogP contribution >= 0.6 is 0 Å². The van der Waals surface area contributed by atoms with Crippen molar-refractivity contribution in [1.82, 2.24) is 0 Å². The number of ether oxygens (including phenoxy) is 1. The number of hydrogen-bond acceptors (Lipinski definition) is 2. The minimum absolute atomic E-state index is 0.214.